The van der Waals surface area contributed by atoms with Gasteiger partial charge in [0.1, 0.15) is 0 Å². The first-order valence-electron chi connectivity index (χ1n) is 13.1. The van der Waals surface area contributed by atoms with E-state index in [1.54, 1.807) is 0 Å². The van der Waals surface area contributed by atoms with E-state index in [-0.39, 0.29) is 57.1 Å². The fraction of sp³-hybridized carbons (Fsp3) is 0.960. The van der Waals surface area contributed by atoms with Crippen LogP contribution in [0.1, 0.15) is 142 Å². The third-order valence-corrected chi connectivity index (χ3v) is 7.36. The van der Waals surface area contributed by atoms with Crippen LogP contribution in [0, 0.1) is 0 Å². The van der Waals surface area contributed by atoms with Crippen molar-refractivity contribution in [3.05, 3.63) is 0 Å². The number of rotatable bonds is 25. The van der Waals surface area contributed by atoms with Crippen molar-refractivity contribution in [2.75, 3.05) is 12.3 Å². The van der Waals surface area contributed by atoms with Crippen molar-refractivity contribution in [2.45, 2.75) is 142 Å². The van der Waals surface area contributed by atoms with Crippen LogP contribution in [-0.2, 0) is 14.8 Å². The monoisotopic (exact) mass is 499 g/mol. The Morgan fingerprint density at radius 1 is 0.594 bits per heavy atom. The first-order chi connectivity index (χ1) is 15.0. The summed E-state index contributed by atoms with van der Waals surface area (Å²) in [6.07, 6.45) is 27.2. The normalized spacial score (nSPS) is 11.4. The van der Waals surface area contributed by atoms with E-state index in [1.165, 1.54) is 109 Å². The van der Waals surface area contributed by atoms with Gasteiger partial charge in [0, 0.05) is 0 Å². The molecule has 0 aromatic rings. The fourth-order valence-corrected chi connectivity index (χ4v) is 5.03. The van der Waals surface area contributed by atoms with Crippen LogP contribution in [0.25, 0.3) is 0 Å². The average Bonchev–Trinajstić information content (AvgIpc) is 2.73. The first-order valence-corrected chi connectivity index (χ1v) is 14.8. The second-order valence-corrected chi connectivity index (χ2v) is 11.0. The van der Waals surface area contributed by atoms with Crippen molar-refractivity contribution in [3.8, 4) is 0 Å². The van der Waals surface area contributed by atoms with Crippen LogP contribution in [0.4, 0.5) is 0 Å². The second-order valence-electron chi connectivity index (χ2n) is 9.08. The van der Waals surface area contributed by atoms with Crippen molar-refractivity contribution in [2.24, 2.45) is 0 Å². The van der Waals surface area contributed by atoms with Crippen molar-refractivity contribution in [1.82, 2.24) is 4.72 Å². The zero-order valence-electron chi connectivity index (χ0n) is 21.3. The molecule has 32 heavy (non-hydrogen) atoms. The number of aliphatic carboxylic acids is 1. The standard InChI is InChI=1S/C25H51NO4S.K/c1-2-3-4-5-6-7-8-9-10-11-12-13-14-15-16-17-18-19-20-21-22-23-31(29,30)26-24-25(27)28;/h26H,2-24H2,1H3,(H,27,28);/q;+1/p-1. The summed E-state index contributed by atoms with van der Waals surface area (Å²) < 4.78 is 25.1. The Morgan fingerprint density at radius 2 is 0.875 bits per heavy atom. The molecular weight excluding hydrogens is 449 g/mol. The number of hydrogen-bond acceptors (Lipinski definition) is 4. The molecule has 0 atom stereocenters. The minimum atomic E-state index is -3.47. The maximum atomic E-state index is 11.5. The Labute approximate surface area is 242 Å². The smallest absolute Gasteiger partial charge is 0.549 e. The number of carboxylic acids is 1. The minimum Gasteiger partial charge on any atom is -0.549 e. The van der Waals surface area contributed by atoms with Gasteiger partial charge in [0.15, 0.2) is 0 Å². The number of carboxylic acid groups (broad SMARTS) is 1. The number of unbranched alkanes of at least 4 members (excludes halogenated alkanes) is 20. The molecule has 7 heteroatoms. The summed E-state index contributed by atoms with van der Waals surface area (Å²) in [5.41, 5.74) is 0. The van der Waals surface area contributed by atoms with Crippen LogP contribution in [0.15, 0.2) is 0 Å². The van der Waals surface area contributed by atoms with E-state index in [0.29, 0.717) is 6.42 Å². The molecule has 0 bridgehead atoms. The average molecular weight is 500 g/mol. The molecule has 0 saturated heterocycles. The second kappa shape index (κ2) is 26.6. The molecule has 0 spiro atoms. The summed E-state index contributed by atoms with van der Waals surface area (Å²) in [7, 11) is -3.47. The SMILES string of the molecule is CCCCCCCCCCCCCCCCCCCCCCCS(=O)(=O)NCC(=O)[O-].[K+]. The van der Waals surface area contributed by atoms with Gasteiger partial charge in [0.25, 0.3) is 0 Å². The van der Waals surface area contributed by atoms with Crippen LogP contribution in [0.5, 0.6) is 0 Å². The molecule has 0 fully saturated rings. The molecule has 186 valence electrons. The number of nitrogens with one attached hydrogen (secondary N) is 1. The van der Waals surface area contributed by atoms with E-state index in [9.17, 15) is 18.3 Å². The van der Waals surface area contributed by atoms with Gasteiger partial charge in [-0.3, -0.25) is 0 Å². The molecule has 0 rings (SSSR count). The van der Waals surface area contributed by atoms with E-state index < -0.39 is 22.5 Å². The van der Waals surface area contributed by atoms with E-state index in [1.807, 2.05) is 4.72 Å². The fourth-order valence-electron chi connectivity index (χ4n) is 3.97. The number of sulfonamides is 1. The van der Waals surface area contributed by atoms with Crippen molar-refractivity contribution in [3.63, 3.8) is 0 Å². The van der Waals surface area contributed by atoms with Crippen LogP contribution in [0.3, 0.4) is 0 Å². The van der Waals surface area contributed by atoms with Gasteiger partial charge < -0.3 is 9.90 Å². The Hall–Kier alpha value is 1.02. The summed E-state index contributed by atoms with van der Waals surface area (Å²) in [4.78, 5) is 10.3. The van der Waals surface area contributed by atoms with Gasteiger partial charge >= 0.3 is 51.4 Å². The quantitative estimate of drug-likeness (QED) is 0.155. The molecule has 0 aromatic heterocycles. The third-order valence-electron chi connectivity index (χ3n) is 5.95. The van der Waals surface area contributed by atoms with E-state index in [0.717, 1.165) is 19.3 Å². The van der Waals surface area contributed by atoms with Gasteiger partial charge in [0.2, 0.25) is 10.0 Å². The molecular formula is C25H50KNO4S. The Kier molecular flexibility index (Phi) is 29.3. The van der Waals surface area contributed by atoms with Crippen molar-refractivity contribution in [1.29, 1.82) is 0 Å². The molecule has 0 saturated carbocycles. The number of carbonyl (C=O) groups excluding carboxylic acids is 1. The number of hydrogen-bond donors (Lipinski definition) is 1. The van der Waals surface area contributed by atoms with Gasteiger partial charge in [-0.05, 0) is 6.42 Å². The van der Waals surface area contributed by atoms with Crippen LogP contribution >= 0.6 is 0 Å². The van der Waals surface area contributed by atoms with Gasteiger partial charge in [-0.2, -0.15) is 0 Å². The Morgan fingerprint density at radius 3 is 1.16 bits per heavy atom. The van der Waals surface area contributed by atoms with Gasteiger partial charge in [-0.1, -0.05) is 135 Å². The zero-order valence-corrected chi connectivity index (χ0v) is 25.2. The maximum Gasteiger partial charge on any atom is 1.00 e. The Balaban J connectivity index is 0. The molecule has 5 nitrogen and oxygen atoms in total. The molecule has 1 N–H and O–H groups in total. The van der Waals surface area contributed by atoms with Crippen LogP contribution < -0.4 is 61.2 Å². The molecule has 0 aromatic carbocycles. The summed E-state index contributed by atoms with van der Waals surface area (Å²) in [6.45, 7) is 1.64. The van der Waals surface area contributed by atoms with Crippen LogP contribution in [0.2, 0.25) is 0 Å². The predicted octanol–water partition coefficient (Wildman–Crippen LogP) is 2.87. The van der Waals surface area contributed by atoms with E-state index in [2.05, 4.69) is 6.92 Å². The molecule has 0 amide bonds. The van der Waals surface area contributed by atoms with Crippen LogP contribution in [-0.4, -0.2) is 26.7 Å². The van der Waals surface area contributed by atoms with Gasteiger partial charge in [0.05, 0.1) is 18.3 Å². The predicted molar refractivity (Wildman–Crippen MR) is 129 cm³/mol. The third kappa shape index (κ3) is 29.0. The molecule has 0 aliphatic heterocycles. The largest absolute Gasteiger partial charge is 1.00 e. The summed E-state index contributed by atoms with van der Waals surface area (Å²) >= 11 is 0. The summed E-state index contributed by atoms with van der Waals surface area (Å²) in [6, 6.07) is 0. The van der Waals surface area contributed by atoms with Gasteiger partial charge in [-0.25, -0.2) is 13.1 Å². The molecule has 0 heterocycles. The molecule has 0 aliphatic rings. The van der Waals surface area contributed by atoms with Crippen molar-refractivity contribution < 1.29 is 69.7 Å². The zero-order chi connectivity index (χ0) is 23.0. The molecule has 0 unspecified atom stereocenters. The molecule has 0 radical (unpaired) electrons. The van der Waals surface area contributed by atoms with Crippen molar-refractivity contribution >= 4 is 16.0 Å². The Bertz CT molecular complexity index is 500. The summed E-state index contributed by atoms with van der Waals surface area (Å²) in [5, 5.41) is 10.3. The number of carbonyl (C=O) groups is 1. The minimum absolute atomic E-state index is 0. The maximum absolute atomic E-state index is 11.5. The van der Waals surface area contributed by atoms with Gasteiger partial charge in [-0.15, -0.1) is 0 Å². The van der Waals surface area contributed by atoms with E-state index in [4.69, 9.17) is 0 Å². The summed E-state index contributed by atoms with van der Waals surface area (Å²) in [5.74, 6) is -1.40. The molecule has 0 aliphatic carbocycles. The van der Waals surface area contributed by atoms with E-state index >= 15 is 0 Å². The topological polar surface area (TPSA) is 86.3 Å². The first kappa shape index (κ1) is 35.2.